The number of hydrogen-bond donors (Lipinski definition) is 3. The second-order valence-electron chi connectivity index (χ2n) is 11.0. The number of carboxylic acids is 2. The van der Waals surface area contributed by atoms with Crippen LogP contribution in [0.1, 0.15) is 108 Å². The first-order valence-electron chi connectivity index (χ1n) is 13.8. The number of anilines is 1. The first kappa shape index (κ1) is 32.9. The molecule has 3 unspecified atom stereocenters. The third-order valence-electron chi connectivity index (χ3n) is 6.79. The fourth-order valence-electron chi connectivity index (χ4n) is 4.27. The Morgan fingerprint density at radius 3 is 2.14 bits per heavy atom. The Labute approximate surface area is 228 Å². The number of aliphatic carboxylic acids is 1. The van der Waals surface area contributed by atoms with Crippen LogP contribution in [0.2, 0.25) is 0 Å². The van der Waals surface area contributed by atoms with Gasteiger partial charge in [-0.3, -0.25) is 0 Å². The van der Waals surface area contributed by atoms with E-state index in [4.69, 9.17) is 5.11 Å². The lowest BCUT2D eigenvalue weighted by Gasteiger charge is -2.15. The summed E-state index contributed by atoms with van der Waals surface area (Å²) >= 11 is 1.54. The smallest absolute Gasteiger partial charge is 0.339 e. The van der Waals surface area contributed by atoms with Crippen molar-refractivity contribution in [3.05, 3.63) is 29.1 Å². The van der Waals surface area contributed by atoms with E-state index in [2.05, 4.69) is 56.0 Å². The number of nitrogens with zero attached hydrogens (tertiary/aromatic N) is 2. The molecule has 1 aromatic heterocycles. The topological polar surface area (TPSA) is 112 Å². The Morgan fingerprint density at radius 1 is 1.00 bits per heavy atom. The lowest BCUT2D eigenvalue weighted by molar-refractivity contribution is -0.137. The third kappa shape index (κ3) is 15.0. The molecule has 0 aromatic carbocycles. The van der Waals surface area contributed by atoms with E-state index in [0.717, 1.165) is 29.9 Å². The summed E-state index contributed by atoms with van der Waals surface area (Å²) < 4.78 is 0. The number of aromatic carboxylic acids is 1. The fraction of sp³-hybridized carbons (Fsp3) is 0.724. The van der Waals surface area contributed by atoms with Crippen LogP contribution in [0.4, 0.5) is 5.95 Å². The first-order chi connectivity index (χ1) is 17.5. The van der Waals surface area contributed by atoms with Crippen LogP contribution < -0.4 is 5.32 Å². The molecule has 3 N–H and O–H groups in total. The van der Waals surface area contributed by atoms with Crippen molar-refractivity contribution in [2.45, 2.75) is 105 Å². The summed E-state index contributed by atoms with van der Waals surface area (Å²) in [7, 11) is 0. The minimum atomic E-state index is -1.11. The zero-order valence-corrected chi connectivity index (χ0v) is 24.6. The fourth-order valence-corrected chi connectivity index (χ4v) is 5.27. The molecular formula is C29H49N3O4S. The van der Waals surface area contributed by atoms with Crippen LogP contribution in [0.25, 0.3) is 0 Å². The lowest BCUT2D eigenvalue weighted by atomic mass is 9.91. The summed E-state index contributed by atoms with van der Waals surface area (Å²) in [5.41, 5.74) is 1.65. The number of carbonyl (C=O) groups is 2. The molecule has 1 heterocycles. The quantitative estimate of drug-likeness (QED) is 0.116. The van der Waals surface area contributed by atoms with Gasteiger partial charge in [0.05, 0.1) is 11.3 Å². The van der Waals surface area contributed by atoms with E-state index in [1.807, 2.05) is 0 Å². The largest absolute Gasteiger partial charge is 0.480 e. The Balaban J connectivity index is 2.27. The van der Waals surface area contributed by atoms with Gasteiger partial charge in [0.2, 0.25) is 5.95 Å². The van der Waals surface area contributed by atoms with Gasteiger partial charge >= 0.3 is 11.9 Å². The molecule has 3 atom stereocenters. The van der Waals surface area contributed by atoms with Crippen LogP contribution in [0.3, 0.4) is 0 Å². The SMILES string of the molecule is C/C(=C\CSCC(Nc1ncc(C(=O)O)c(C)n1)C(=O)O)CCCC(C)CCCC(C)CCCC(C)C. The Hall–Kier alpha value is -2.09. The number of nitrogens with one attached hydrogen (secondary N) is 1. The van der Waals surface area contributed by atoms with Gasteiger partial charge in [-0.15, -0.1) is 0 Å². The van der Waals surface area contributed by atoms with Crippen molar-refractivity contribution in [2.24, 2.45) is 17.8 Å². The van der Waals surface area contributed by atoms with Crippen molar-refractivity contribution in [3.63, 3.8) is 0 Å². The highest BCUT2D eigenvalue weighted by Crippen LogP contribution is 2.22. The summed E-state index contributed by atoms with van der Waals surface area (Å²) in [4.78, 5) is 30.8. The average Bonchev–Trinajstić information content (AvgIpc) is 2.80. The molecule has 0 amide bonds. The van der Waals surface area contributed by atoms with E-state index in [1.165, 1.54) is 63.1 Å². The minimum absolute atomic E-state index is 0.00363. The van der Waals surface area contributed by atoms with Gasteiger partial charge in [-0.25, -0.2) is 19.6 Å². The highest BCUT2D eigenvalue weighted by molar-refractivity contribution is 7.99. The number of rotatable bonds is 20. The third-order valence-corrected chi connectivity index (χ3v) is 7.76. The van der Waals surface area contributed by atoms with Crippen molar-refractivity contribution >= 4 is 29.6 Å². The zero-order valence-electron chi connectivity index (χ0n) is 23.8. The highest BCUT2D eigenvalue weighted by atomic mass is 32.2. The van der Waals surface area contributed by atoms with Crippen molar-refractivity contribution in [1.29, 1.82) is 0 Å². The zero-order chi connectivity index (χ0) is 27.8. The van der Waals surface area contributed by atoms with Crippen LogP contribution in [0, 0.1) is 24.7 Å². The van der Waals surface area contributed by atoms with Gasteiger partial charge in [-0.05, 0) is 44.4 Å². The molecule has 210 valence electrons. The van der Waals surface area contributed by atoms with Crippen LogP contribution in [-0.4, -0.2) is 49.7 Å². The molecule has 0 saturated heterocycles. The van der Waals surface area contributed by atoms with Crippen molar-refractivity contribution in [2.75, 3.05) is 16.8 Å². The van der Waals surface area contributed by atoms with Gasteiger partial charge in [0, 0.05) is 17.7 Å². The predicted molar refractivity (Wildman–Crippen MR) is 155 cm³/mol. The summed E-state index contributed by atoms with van der Waals surface area (Å²) in [6, 6.07) is -0.854. The lowest BCUT2D eigenvalue weighted by Crippen LogP contribution is -2.32. The molecule has 0 aliphatic rings. The molecule has 0 aliphatic heterocycles. The maximum absolute atomic E-state index is 11.6. The molecule has 1 aromatic rings. The Bertz CT molecular complexity index is 860. The maximum atomic E-state index is 11.6. The second-order valence-corrected chi connectivity index (χ2v) is 12.1. The van der Waals surface area contributed by atoms with Crippen molar-refractivity contribution < 1.29 is 19.8 Å². The predicted octanol–water partition coefficient (Wildman–Crippen LogP) is 7.47. The number of thioether (sulfide) groups is 1. The van der Waals surface area contributed by atoms with Gasteiger partial charge in [0.25, 0.3) is 0 Å². The highest BCUT2D eigenvalue weighted by Gasteiger charge is 2.19. The molecule has 7 nitrogen and oxygen atoms in total. The molecule has 0 radical (unpaired) electrons. The molecule has 8 heteroatoms. The number of aromatic nitrogens is 2. The molecule has 1 rings (SSSR count). The molecule has 37 heavy (non-hydrogen) atoms. The normalized spacial score (nSPS) is 14.4. The van der Waals surface area contributed by atoms with E-state index < -0.39 is 18.0 Å². The molecular weight excluding hydrogens is 486 g/mol. The van der Waals surface area contributed by atoms with Crippen LogP contribution in [0.5, 0.6) is 0 Å². The van der Waals surface area contributed by atoms with Gasteiger partial charge in [0.1, 0.15) is 6.04 Å². The second kappa shape index (κ2) is 18.2. The van der Waals surface area contributed by atoms with Crippen LogP contribution in [0.15, 0.2) is 17.8 Å². The number of hydrogen-bond acceptors (Lipinski definition) is 6. The number of carboxylic acid groups (broad SMARTS) is 2. The minimum Gasteiger partial charge on any atom is -0.480 e. The van der Waals surface area contributed by atoms with E-state index >= 15 is 0 Å². The number of allylic oxidation sites excluding steroid dienone is 1. The summed E-state index contributed by atoms with van der Waals surface area (Å²) in [5.74, 6) is 1.56. The summed E-state index contributed by atoms with van der Waals surface area (Å²) in [5, 5.41) is 21.4. The van der Waals surface area contributed by atoms with E-state index in [0.29, 0.717) is 11.4 Å². The van der Waals surface area contributed by atoms with Gasteiger partial charge < -0.3 is 15.5 Å². The molecule has 0 fully saturated rings. The van der Waals surface area contributed by atoms with E-state index in [-0.39, 0.29) is 11.5 Å². The Morgan fingerprint density at radius 2 is 1.59 bits per heavy atom. The van der Waals surface area contributed by atoms with E-state index in [1.54, 1.807) is 18.7 Å². The maximum Gasteiger partial charge on any atom is 0.339 e. The molecule has 0 spiro atoms. The Kier molecular flexibility index (Phi) is 16.2. The molecule has 0 saturated carbocycles. The standard InChI is InChI=1S/C29H49N3O4S/c1-20(2)10-7-11-21(3)12-8-13-22(4)14-9-15-23(5)16-17-37-19-26(28(35)36)32-29-30-18-25(27(33)34)24(6)31-29/h16,18,20-22,26H,7-15,17,19H2,1-6H3,(H,33,34)(H,35,36)(H,30,31,32)/b23-16+. The average molecular weight is 536 g/mol. The van der Waals surface area contributed by atoms with Gasteiger partial charge in [-0.1, -0.05) is 84.3 Å². The van der Waals surface area contributed by atoms with Gasteiger partial charge in [-0.2, -0.15) is 11.8 Å². The van der Waals surface area contributed by atoms with Crippen LogP contribution >= 0.6 is 11.8 Å². The van der Waals surface area contributed by atoms with Crippen molar-refractivity contribution in [3.8, 4) is 0 Å². The van der Waals surface area contributed by atoms with Crippen molar-refractivity contribution in [1.82, 2.24) is 9.97 Å². The first-order valence-corrected chi connectivity index (χ1v) is 14.9. The summed E-state index contributed by atoms with van der Waals surface area (Å²) in [6.45, 7) is 13.1. The molecule has 0 bridgehead atoms. The number of aryl methyl sites for hydroxylation is 1. The van der Waals surface area contributed by atoms with Gasteiger partial charge in [0.15, 0.2) is 0 Å². The monoisotopic (exact) mass is 535 g/mol. The molecule has 0 aliphatic carbocycles. The van der Waals surface area contributed by atoms with Crippen LogP contribution in [-0.2, 0) is 4.79 Å². The summed E-state index contributed by atoms with van der Waals surface area (Å²) in [6.07, 6.45) is 15.0. The van der Waals surface area contributed by atoms with E-state index in [9.17, 15) is 14.7 Å².